The second-order valence-electron chi connectivity index (χ2n) is 7.57. The molecule has 2 amide bonds. The van der Waals surface area contributed by atoms with Gasteiger partial charge in [-0.15, -0.1) is 0 Å². The van der Waals surface area contributed by atoms with E-state index in [1.54, 1.807) is 0 Å². The molecule has 1 N–H and O–H groups in total. The number of nitrogens with zero attached hydrogens (tertiary/aromatic N) is 1. The quantitative estimate of drug-likeness (QED) is 0.760. The molecular formula is C16H26N2O4S. The van der Waals surface area contributed by atoms with Crippen LogP contribution in [0.5, 0.6) is 0 Å². The molecule has 1 aliphatic heterocycles. The maximum Gasteiger partial charge on any atom is 0.311 e. The minimum atomic E-state index is -3.07. The second kappa shape index (κ2) is 6.07. The van der Waals surface area contributed by atoms with Gasteiger partial charge in [0.05, 0.1) is 11.5 Å². The van der Waals surface area contributed by atoms with Gasteiger partial charge < -0.3 is 10.2 Å². The summed E-state index contributed by atoms with van der Waals surface area (Å²) < 4.78 is 23.0. The molecule has 2 saturated carbocycles. The lowest BCUT2D eigenvalue weighted by molar-refractivity contribution is -0.146. The Balaban J connectivity index is 1.54. The largest absolute Gasteiger partial charge is 0.345 e. The molecule has 0 aromatic carbocycles. The Morgan fingerprint density at radius 1 is 1.17 bits per heavy atom. The number of sulfone groups is 1. The standard InChI is InChI=1S/C16H26N2O4S/c1-10(14-8-11-3-4-12(14)7-11)17-15(19)16(20)18(2)13-5-6-23(21,22)9-13/h10-14H,3-9H2,1-2H3,(H,17,19). The summed E-state index contributed by atoms with van der Waals surface area (Å²) in [6, 6.07) is -0.376. The van der Waals surface area contributed by atoms with Crippen LogP contribution >= 0.6 is 0 Å². The number of likely N-dealkylation sites (N-methyl/N-ethyl adjacent to an activating group) is 1. The molecule has 3 aliphatic rings. The van der Waals surface area contributed by atoms with Crippen LogP contribution in [-0.2, 0) is 19.4 Å². The van der Waals surface area contributed by atoms with Gasteiger partial charge >= 0.3 is 11.8 Å². The Labute approximate surface area is 137 Å². The Morgan fingerprint density at radius 3 is 2.43 bits per heavy atom. The lowest BCUT2D eigenvalue weighted by Crippen LogP contribution is -2.50. The average molecular weight is 342 g/mol. The van der Waals surface area contributed by atoms with Crippen molar-refractivity contribution >= 4 is 21.7 Å². The van der Waals surface area contributed by atoms with Crippen LogP contribution in [0, 0.1) is 17.8 Å². The average Bonchev–Trinajstić information content (AvgIpc) is 3.20. The van der Waals surface area contributed by atoms with Crippen molar-refractivity contribution < 1.29 is 18.0 Å². The van der Waals surface area contributed by atoms with E-state index in [-0.39, 0.29) is 23.6 Å². The predicted octanol–water partition coefficient (Wildman–Crippen LogP) is 0.573. The Morgan fingerprint density at radius 2 is 1.91 bits per heavy atom. The number of amides is 2. The fraction of sp³-hybridized carbons (Fsp3) is 0.875. The highest BCUT2D eigenvalue weighted by Crippen LogP contribution is 2.49. The van der Waals surface area contributed by atoms with E-state index in [2.05, 4.69) is 5.32 Å². The number of fused-ring (bicyclic) bond motifs is 2. The zero-order chi connectivity index (χ0) is 16.8. The molecule has 0 aromatic heterocycles. The zero-order valence-corrected chi connectivity index (χ0v) is 14.6. The van der Waals surface area contributed by atoms with Crippen molar-refractivity contribution in [3.63, 3.8) is 0 Å². The van der Waals surface area contributed by atoms with E-state index in [0.29, 0.717) is 18.3 Å². The first-order valence-corrected chi connectivity index (χ1v) is 10.4. The van der Waals surface area contributed by atoms with Gasteiger partial charge in [-0.1, -0.05) is 6.42 Å². The van der Waals surface area contributed by atoms with E-state index >= 15 is 0 Å². The minimum absolute atomic E-state index is 0.00228. The van der Waals surface area contributed by atoms with Crippen molar-refractivity contribution in [1.82, 2.24) is 10.2 Å². The van der Waals surface area contributed by atoms with Crippen LogP contribution in [-0.4, -0.2) is 55.8 Å². The summed E-state index contributed by atoms with van der Waals surface area (Å²) in [6.45, 7) is 1.98. The van der Waals surface area contributed by atoms with Crippen LogP contribution in [0.15, 0.2) is 0 Å². The molecule has 0 radical (unpaired) electrons. The maximum absolute atomic E-state index is 12.3. The van der Waals surface area contributed by atoms with Gasteiger partial charge in [0.15, 0.2) is 9.84 Å². The molecule has 3 fully saturated rings. The van der Waals surface area contributed by atoms with Crippen molar-refractivity contribution in [1.29, 1.82) is 0 Å². The van der Waals surface area contributed by atoms with Crippen molar-refractivity contribution in [3.8, 4) is 0 Å². The van der Waals surface area contributed by atoms with Crippen LogP contribution in [0.4, 0.5) is 0 Å². The van der Waals surface area contributed by atoms with Crippen molar-refractivity contribution in [2.45, 2.75) is 51.1 Å². The van der Waals surface area contributed by atoms with Crippen LogP contribution in [0.1, 0.15) is 39.0 Å². The molecule has 2 bridgehead atoms. The van der Waals surface area contributed by atoms with E-state index < -0.39 is 21.7 Å². The molecule has 6 nitrogen and oxygen atoms in total. The Bertz CT molecular complexity index is 603. The van der Waals surface area contributed by atoms with E-state index in [1.807, 2.05) is 6.92 Å². The number of carbonyl (C=O) groups is 2. The first kappa shape index (κ1) is 16.7. The first-order valence-electron chi connectivity index (χ1n) is 8.55. The molecule has 5 unspecified atom stereocenters. The van der Waals surface area contributed by atoms with Crippen LogP contribution in [0.25, 0.3) is 0 Å². The molecule has 3 rings (SSSR count). The highest BCUT2D eigenvalue weighted by atomic mass is 32.2. The first-order chi connectivity index (χ1) is 10.8. The summed E-state index contributed by atoms with van der Waals surface area (Å²) in [5, 5.41) is 2.85. The number of carbonyl (C=O) groups excluding carboxylic acids is 2. The topological polar surface area (TPSA) is 83.6 Å². The number of rotatable bonds is 3. The van der Waals surface area contributed by atoms with Crippen LogP contribution in [0.3, 0.4) is 0 Å². The van der Waals surface area contributed by atoms with E-state index in [1.165, 1.54) is 31.2 Å². The fourth-order valence-electron chi connectivity index (χ4n) is 4.69. The third-order valence-electron chi connectivity index (χ3n) is 6.06. The zero-order valence-electron chi connectivity index (χ0n) is 13.8. The van der Waals surface area contributed by atoms with Gasteiger partial charge in [0, 0.05) is 19.1 Å². The molecule has 23 heavy (non-hydrogen) atoms. The molecule has 130 valence electrons. The predicted molar refractivity (Wildman–Crippen MR) is 86.4 cm³/mol. The summed E-state index contributed by atoms with van der Waals surface area (Å²) in [4.78, 5) is 25.8. The minimum Gasteiger partial charge on any atom is -0.345 e. The van der Waals surface area contributed by atoms with Crippen molar-refractivity contribution in [2.24, 2.45) is 17.8 Å². The maximum atomic E-state index is 12.3. The summed E-state index contributed by atoms with van der Waals surface area (Å²) in [5.74, 6) is 0.787. The molecule has 0 spiro atoms. The van der Waals surface area contributed by atoms with Gasteiger partial charge in [0.25, 0.3) is 0 Å². The molecule has 5 atom stereocenters. The summed E-state index contributed by atoms with van der Waals surface area (Å²) in [7, 11) is -1.54. The lowest BCUT2D eigenvalue weighted by Gasteiger charge is -2.29. The smallest absolute Gasteiger partial charge is 0.311 e. The van der Waals surface area contributed by atoms with E-state index in [4.69, 9.17) is 0 Å². The third kappa shape index (κ3) is 3.39. The van der Waals surface area contributed by atoms with Gasteiger partial charge in [-0.25, -0.2) is 8.42 Å². The Hall–Kier alpha value is -1.11. The fourth-order valence-corrected chi connectivity index (χ4v) is 6.46. The van der Waals surface area contributed by atoms with Crippen LogP contribution in [0.2, 0.25) is 0 Å². The van der Waals surface area contributed by atoms with Crippen molar-refractivity contribution in [2.75, 3.05) is 18.6 Å². The van der Waals surface area contributed by atoms with Gasteiger partial charge in [0.2, 0.25) is 0 Å². The monoisotopic (exact) mass is 342 g/mol. The van der Waals surface area contributed by atoms with Gasteiger partial charge in [-0.05, 0) is 50.4 Å². The summed E-state index contributed by atoms with van der Waals surface area (Å²) in [6.07, 6.45) is 5.37. The van der Waals surface area contributed by atoms with Gasteiger partial charge in [-0.2, -0.15) is 0 Å². The number of hydrogen-bond acceptors (Lipinski definition) is 4. The molecule has 0 aromatic rings. The van der Waals surface area contributed by atoms with E-state index in [9.17, 15) is 18.0 Å². The molecule has 1 saturated heterocycles. The molecule has 2 aliphatic carbocycles. The SMILES string of the molecule is CC(NC(=O)C(=O)N(C)C1CCS(=O)(=O)C1)C1CC2CCC1C2. The van der Waals surface area contributed by atoms with Crippen LogP contribution < -0.4 is 5.32 Å². The van der Waals surface area contributed by atoms with E-state index in [0.717, 1.165) is 12.3 Å². The Kier molecular flexibility index (Phi) is 4.42. The summed E-state index contributed by atoms with van der Waals surface area (Å²) in [5.41, 5.74) is 0. The normalized spacial score (nSPS) is 35.9. The van der Waals surface area contributed by atoms with Crippen molar-refractivity contribution in [3.05, 3.63) is 0 Å². The van der Waals surface area contributed by atoms with Gasteiger partial charge in [-0.3, -0.25) is 9.59 Å². The highest BCUT2D eigenvalue weighted by Gasteiger charge is 2.43. The highest BCUT2D eigenvalue weighted by molar-refractivity contribution is 7.91. The lowest BCUT2D eigenvalue weighted by atomic mass is 9.84. The summed E-state index contributed by atoms with van der Waals surface area (Å²) >= 11 is 0. The third-order valence-corrected chi connectivity index (χ3v) is 7.81. The molecule has 7 heteroatoms. The molecule has 1 heterocycles. The molecular weight excluding hydrogens is 316 g/mol. The number of nitrogens with one attached hydrogen (secondary N) is 1. The number of hydrogen-bond donors (Lipinski definition) is 1. The van der Waals surface area contributed by atoms with Gasteiger partial charge in [0.1, 0.15) is 0 Å². The second-order valence-corrected chi connectivity index (χ2v) is 9.80.